The first-order valence-electron chi connectivity index (χ1n) is 7.30. The standard InChI is InChI=1S/C15H20O5S/c1-12-2-4-14(5-3-12)21(16,17)19-13-6-8-15(9-7-13)10-11-18-20-15/h2-5,13H,6-11H2,1H3. The topological polar surface area (TPSA) is 61.8 Å². The molecule has 0 radical (unpaired) electrons. The molecule has 0 unspecified atom stereocenters. The quantitative estimate of drug-likeness (QED) is 0.634. The van der Waals surface area contributed by atoms with Crippen LogP contribution in [0.4, 0.5) is 0 Å². The fourth-order valence-electron chi connectivity index (χ4n) is 2.92. The Hall–Kier alpha value is -0.950. The van der Waals surface area contributed by atoms with Gasteiger partial charge in [0, 0.05) is 6.42 Å². The number of benzene rings is 1. The lowest BCUT2D eigenvalue weighted by Crippen LogP contribution is -2.36. The molecule has 3 rings (SSSR count). The van der Waals surface area contributed by atoms with Crippen LogP contribution in [0.1, 0.15) is 37.7 Å². The maximum atomic E-state index is 12.2. The molecule has 0 atom stereocenters. The van der Waals surface area contributed by atoms with Crippen molar-refractivity contribution in [3.05, 3.63) is 29.8 Å². The van der Waals surface area contributed by atoms with Crippen molar-refractivity contribution in [2.24, 2.45) is 0 Å². The van der Waals surface area contributed by atoms with Gasteiger partial charge in [-0.1, -0.05) is 17.7 Å². The van der Waals surface area contributed by atoms with Gasteiger partial charge in [0.05, 0.1) is 17.6 Å². The van der Waals surface area contributed by atoms with Crippen LogP contribution in [0.2, 0.25) is 0 Å². The van der Waals surface area contributed by atoms with Crippen molar-refractivity contribution < 1.29 is 22.4 Å². The highest BCUT2D eigenvalue weighted by atomic mass is 32.2. The minimum atomic E-state index is -3.68. The molecule has 1 aromatic rings. The first kappa shape index (κ1) is 15.0. The largest absolute Gasteiger partial charge is 0.297 e. The lowest BCUT2D eigenvalue weighted by atomic mass is 9.82. The third kappa shape index (κ3) is 3.29. The second-order valence-electron chi connectivity index (χ2n) is 5.90. The zero-order valence-corrected chi connectivity index (χ0v) is 12.9. The van der Waals surface area contributed by atoms with Gasteiger partial charge in [-0.3, -0.25) is 4.18 Å². The summed E-state index contributed by atoms with van der Waals surface area (Å²) in [5.41, 5.74) is 0.806. The highest BCUT2D eigenvalue weighted by Gasteiger charge is 2.42. The Bertz CT molecular complexity index is 577. The summed E-state index contributed by atoms with van der Waals surface area (Å²) in [6.07, 6.45) is 3.52. The third-order valence-electron chi connectivity index (χ3n) is 4.29. The van der Waals surface area contributed by atoms with E-state index >= 15 is 0 Å². The molecule has 1 aromatic carbocycles. The molecule has 1 saturated heterocycles. The van der Waals surface area contributed by atoms with Gasteiger partial charge in [0.15, 0.2) is 0 Å². The van der Waals surface area contributed by atoms with Crippen LogP contribution in [0, 0.1) is 6.92 Å². The Balaban J connectivity index is 1.63. The van der Waals surface area contributed by atoms with Crippen LogP contribution >= 0.6 is 0 Å². The van der Waals surface area contributed by atoms with Crippen molar-refractivity contribution in [3.8, 4) is 0 Å². The molecule has 1 heterocycles. The molecule has 21 heavy (non-hydrogen) atoms. The summed E-state index contributed by atoms with van der Waals surface area (Å²) in [6, 6.07) is 6.72. The molecule has 2 fully saturated rings. The Morgan fingerprint density at radius 1 is 1.14 bits per heavy atom. The van der Waals surface area contributed by atoms with E-state index in [1.807, 2.05) is 6.92 Å². The van der Waals surface area contributed by atoms with Gasteiger partial charge in [0.1, 0.15) is 5.60 Å². The van der Waals surface area contributed by atoms with E-state index < -0.39 is 10.1 Å². The normalized spacial score (nSPS) is 29.9. The Kier molecular flexibility index (Phi) is 4.05. The van der Waals surface area contributed by atoms with E-state index in [1.165, 1.54) is 0 Å². The molecule has 0 amide bonds. The molecule has 0 N–H and O–H groups in total. The van der Waals surface area contributed by atoms with Crippen molar-refractivity contribution in [2.75, 3.05) is 6.61 Å². The van der Waals surface area contributed by atoms with Crippen LogP contribution in [-0.4, -0.2) is 26.7 Å². The van der Waals surface area contributed by atoms with Gasteiger partial charge in [-0.05, 0) is 44.7 Å². The van der Waals surface area contributed by atoms with Crippen molar-refractivity contribution in [2.45, 2.75) is 55.6 Å². The Morgan fingerprint density at radius 3 is 2.38 bits per heavy atom. The Labute approximate surface area is 125 Å². The van der Waals surface area contributed by atoms with Crippen molar-refractivity contribution in [1.82, 2.24) is 0 Å². The van der Waals surface area contributed by atoms with Gasteiger partial charge in [-0.15, -0.1) is 0 Å². The third-order valence-corrected chi connectivity index (χ3v) is 5.67. The predicted molar refractivity (Wildman–Crippen MR) is 76.1 cm³/mol. The van der Waals surface area contributed by atoms with Crippen LogP contribution < -0.4 is 0 Å². The Morgan fingerprint density at radius 2 is 1.81 bits per heavy atom. The van der Waals surface area contributed by atoms with Crippen LogP contribution in [0.3, 0.4) is 0 Å². The van der Waals surface area contributed by atoms with Gasteiger partial charge < -0.3 is 0 Å². The summed E-state index contributed by atoms with van der Waals surface area (Å²) >= 11 is 0. The molecule has 1 aliphatic carbocycles. The second-order valence-corrected chi connectivity index (χ2v) is 7.47. The maximum Gasteiger partial charge on any atom is 0.297 e. The molecule has 116 valence electrons. The number of rotatable bonds is 3. The van der Waals surface area contributed by atoms with Gasteiger partial charge in [0.25, 0.3) is 10.1 Å². The molecule has 6 heteroatoms. The lowest BCUT2D eigenvalue weighted by Gasteiger charge is -2.33. The molecule has 0 bridgehead atoms. The average Bonchev–Trinajstić information content (AvgIpc) is 2.90. The van der Waals surface area contributed by atoms with E-state index in [4.69, 9.17) is 14.0 Å². The summed E-state index contributed by atoms with van der Waals surface area (Å²) in [6.45, 7) is 2.54. The lowest BCUT2D eigenvalue weighted by molar-refractivity contribution is -0.316. The fraction of sp³-hybridized carbons (Fsp3) is 0.600. The summed E-state index contributed by atoms with van der Waals surface area (Å²) in [5, 5.41) is 0. The molecule has 5 nitrogen and oxygen atoms in total. The molecule has 1 saturated carbocycles. The predicted octanol–water partition coefficient (Wildman–Crippen LogP) is 2.73. The summed E-state index contributed by atoms with van der Waals surface area (Å²) < 4.78 is 29.9. The van der Waals surface area contributed by atoms with E-state index in [1.54, 1.807) is 24.3 Å². The van der Waals surface area contributed by atoms with Gasteiger partial charge >= 0.3 is 0 Å². The van der Waals surface area contributed by atoms with Crippen LogP contribution in [0.5, 0.6) is 0 Å². The van der Waals surface area contributed by atoms with Gasteiger partial charge in [-0.25, -0.2) is 9.78 Å². The molecule has 1 aliphatic heterocycles. The minimum Gasteiger partial charge on any atom is -0.263 e. The first-order chi connectivity index (χ1) is 9.99. The summed E-state index contributed by atoms with van der Waals surface area (Å²) in [7, 11) is -3.68. The maximum absolute atomic E-state index is 12.2. The van der Waals surface area contributed by atoms with E-state index in [0.29, 0.717) is 19.4 Å². The van der Waals surface area contributed by atoms with Crippen molar-refractivity contribution in [3.63, 3.8) is 0 Å². The average molecular weight is 312 g/mol. The highest BCUT2D eigenvalue weighted by molar-refractivity contribution is 7.86. The van der Waals surface area contributed by atoms with E-state index in [9.17, 15) is 8.42 Å². The smallest absolute Gasteiger partial charge is 0.263 e. The summed E-state index contributed by atoms with van der Waals surface area (Å²) in [5.74, 6) is 0. The zero-order valence-electron chi connectivity index (χ0n) is 12.1. The number of hydrogen-bond donors (Lipinski definition) is 0. The van der Waals surface area contributed by atoms with Crippen LogP contribution in [-0.2, 0) is 24.1 Å². The molecule has 2 aliphatic rings. The molecular weight excluding hydrogens is 292 g/mol. The highest BCUT2D eigenvalue weighted by Crippen LogP contribution is 2.39. The number of hydrogen-bond acceptors (Lipinski definition) is 5. The van der Waals surface area contributed by atoms with Crippen LogP contribution in [0.25, 0.3) is 0 Å². The zero-order chi connectivity index (χ0) is 14.9. The van der Waals surface area contributed by atoms with Gasteiger partial charge in [-0.2, -0.15) is 8.42 Å². The molecule has 1 spiro atoms. The van der Waals surface area contributed by atoms with E-state index in [-0.39, 0.29) is 16.6 Å². The molecule has 0 aromatic heterocycles. The summed E-state index contributed by atoms with van der Waals surface area (Å²) in [4.78, 5) is 10.6. The van der Waals surface area contributed by atoms with Gasteiger partial charge in [0.2, 0.25) is 0 Å². The monoisotopic (exact) mass is 312 g/mol. The SMILES string of the molecule is Cc1ccc(S(=O)(=O)OC2CCC3(CCOO3)CC2)cc1. The van der Waals surface area contributed by atoms with Crippen LogP contribution in [0.15, 0.2) is 29.2 Å². The van der Waals surface area contributed by atoms with E-state index in [2.05, 4.69) is 0 Å². The van der Waals surface area contributed by atoms with Crippen molar-refractivity contribution >= 4 is 10.1 Å². The van der Waals surface area contributed by atoms with E-state index in [0.717, 1.165) is 24.8 Å². The number of aryl methyl sites for hydroxylation is 1. The molecular formula is C15H20O5S. The fourth-order valence-corrected chi connectivity index (χ4v) is 4.05. The van der Waals surface area contributed by atoms with Crippen molar-refractivity contribution in [1.29, 1.82) is 0 Å². The first-order valence-corrected chi connectivity index (χ1v) is 8.71. The minimum absolute atomic E-state index is 0.215. The second kappa shape index (κ2) is 5.68.